The van der Waals surface area contributed by atoms with Gasteiger partial charge in [-0.25, -0.2) is 15.0 Å². The van der Waals surface area contributed by atoms with Gasteiger partial charge in [-0.1, -0.05) is 30.3 Å². The molecule has 0 unspecified atom stereocenters. The van der Waals surface area contributed by atoms with E-state index in [0.717, 1.165) is 28.7 Å². The van der Waals surface area contributed by atoms with Crippen molar-refractivity contribution in [3.05, 3.63) is 76.9 Å². The lowest BCUT2D eigenvalue weighted by Gasteiger charge is -2.18. The number of anilines is 2. The molecule has 0 aliphatic carbocycles. The summed E-state index contributed by atoms with van der Waals surface area (Å²) in [6, 6.07) is 15.3. The summed E-state index contributed by atoms with van der Waals surface area (Å²) in [6.07, 6.45) is 3.75. The van der Waals surface area contributed by atoms with Crippen molar-refractivity contribution in [2.24, 2.45) is 0 Å². The molecule has 8 nitrogen and oxygen atoms in total. The van der Waals surface area contributed by atoms with Gasteiger partial charge in [0.25, 0.3) is 0 Å². The third kappa shape index (κ3) is 2.34. The minimum absolute atomic E-state index is 0.127. The van der Waals surface area contributed by atoms with Crippen LogP contribution >= 0.6 is 0 Å². The zero-order chi connectivity index (χ0) is 18.4. The Balaban J connectivity index is 1.73. The predicted octanol–water partition coefficient (Wildman–Crippen LogP) is 3.42. The summed E-state index contributed by atoms with van der Waals surface area (Å²) < 4.78 is 1.64. The average Bonchev–Trinajstić information content (AvgIpc) is 3.31. The minimum atomic E-state index is -0.416. The fourth-order valence-corrected chi connectivity index (χ4v) is 3.58. The van der Waals surface area contributed by atoms with Crippen molar-refractivity contribution in [3.63, 3.8) is 0 Å². The van der Waals surface area contributed by atoms with Gasteiger partial charge < -0.3 is 4.90 Å². The number of fused-ring (bicyclic) bond motifs is 2. The van der Waals surface area contributed by atoms with Gasteiger partial charge in [-0.3, -0.25) is 14.7 Å². The van der Waals surface area contributed by atoms with Gasteiger partial charge in [0.05, 0.1) is 16.0 Å². The molecule has 0 saturated carbocycles. The Morgan fingerprint density at radius 2 is 1.74 bits per heavy atom. The van der Waals surface area contributed by atoms with Crippen LogP contribution in [0.2, 0.25) is 0 Å². The van der Waals surface area contributed by atoms with Gasteiger partial charge in [-0.05, 0) is 30.2 Å². The van der Waals surface area contributed by atoms with Gasteiger partial charge in [0.2, 0.25) is 11.6 Å². The van der Waals surface area contributed by atoms with Crippen LogP contribution in [0.4, 0.5) is 17.2 Å². The highest BCUT2D eigenvalue weighted by atomic mass is 16.6. The normalized spacial score (nSPS) is 13.1. The van der Waals surface area contributed by atoms with E-state index in [1.165, 1.54) is 6.33 Å². The molecule has 8 heteroatoms. The van der Waals surface area contributed by atoms with Gasteiger partial charge in [0.1, 0.15) is 12.7 Å². The summed E-state index contributed by atoms with van der Waals surface area (Å²) in [6.45, 7) is 0.640. The van der Waals surface area contributed by atoms with Crippen LogP contribution in [0.25, 0.3) is 16.9 Å². The lowest BCUT2D eigenvalue weighted by Crippen LogP contribution is -2.18. The highest BCUT2D eigenvalue weighted by molar-refractivity contribution is 5.81. The zero-order valence-electron chi connectivity index (χ0n) is 14.2. The van der Waals surface area contributed by atoms with Gasteiger partial charge >= 0.3 is 5.69 Å². The van der Waals surface area contributed by atoms with Crippen molar-refractivity contribution < 1.29 is 4.92 Å². The van der Waals surface area contributed by atoms with Crippen LogP contribution in [-0.2, 0) is 6.42 Å². The summed E-state index contributed by atoms with van der Waals surface area (Å²) in [7, 11) is 0. The summed E-state index contributed by atoms with van der Waals surface area (Å²) in [5.74, 6) is 0.510. The molecule has 27 heavy (non-hydrogen) atoms. The SMILES string of the molecule is O=[N+]([O-])c1c(N2CCc3ccccc32)ncnc1-n1cnc2ccccc21. The Bertz CT molecular complexity index is 1190. The molecule has 0 bridgehead atoms. The molecule has 2 aromatic carbocycles. The zero-order valence-corrected chi connectivity index (χ0v) is 14.2. The van der Waals surface area contributed by atoms with Crippen molar-refractivity contribution in [1.29, 1.82) is 0 Å². The highest BCUT2D eigenvalue weighted by Crippen LogP contribution is 2.39. The topological polar surface area (TPSA) is 90.0 Å². The molecule has 0 atom stereocenters. The Labute approximate surface area is 153 Å². The molecule has 5 rings (SSSR count). The van der Waals surface area contributed by atoms with Gasteiger partial charge in [0, 0.05) is 12.2 Å². The van der Waals surface area contributed by atoms with E-state index in [1.54, 1.807) is 10.9 Å². The van der Waals surface area contributed by atoms with E-state index < -0.39 is 4.92 Å². The van der Waals surface area contributed by atoms with Crippen molar-refractivity contribution in [1.82, 2.24) is 19.5 Å². The molecule has 0 fully saturated rings. The van der Waals surface area contributed by atoms with Gasteiger partial charge in [-0.15, -0.1) is 0 Å². The summed E-state index contributed by atoms with van der Waals surface area (Å²) in [5.41, 5.74) is 3.48. The molecule has 0 amide bonds. The maximum atomic E-state index is 12.0. The molecule has 2 aromatic heterocycles. The molecule has 132 valence electrons. The van der Waals surface area contributed by atoms with E-state index in [4.69, 9.17) is 0 Å². The van der Waals surface area contributed by atoms with Crippen molar-refractivity contribution in [3.8, 4) is 5.82 Å². The van der Waals surface area contributed by atoms with Crippen molar-refractivity contribution in [2.45, 2.75) is 6.42 Å². The number of hydrogen-bond acceptors (Lipinski definition) is 6. The Hall–Kier alpha value is -3.81. The number of rotatable bonds is 3. The van der Waals surface area contributed by atoms with Crippen LogP contribution in [0.1, 0.15) is 5.56 Å². The summed E-state index contributed by atoms with van der Waals surface area (Å²) in [4.78, 5) is 26.3. The summed E-state index contributed by atoms with van der Waals surface area (Å²) in [5, 5.41) is 12.0. The Kier molecular flexibility index (Phi) is 3.36. The average molecular weight is 358 g/mol. The molecule has 1 aliphatic heterocycles. The quantitative estimate of drug-likeness (QED) is 0.412. The number of imidazole rings is 1. The lowest BCUT2D eigenvalue weighted by molar-refractivity contribution is -0.384. The van der Waals surface area contributed by atoms with Crippen LogP contribution < -0.4 is 4.90 Å². The standard InChI is InChI=1S/C19H14N6O2/c26-25(27)17-18(23-10-9-13-5-1-3-7-15(13)23)20-11-21-19(17)24-12-22-14-6-2-4-8-16(14)24/h1-8,11-12H,9-10H2. The van der Waals surface area contributed by atoms with E-state index >= 15 is 0 Å². The molecule has 0 spiro atoms. The van der Waals surface area contributed by atoms with Crippen molar-refractivity contribution in [2.75, 3.05) is 11.4 Å². The van der Waals surface area contributed by atoms with Gasteiger partial charge in [-0.2, -0.15) is 0 Å². The molecule has 0 saturated heterocycles. The molecule has 3 heterocycles. The first-order chi connectivity index (χ1) is 13.2. The van der Waals surface area contributed by atoms with Gasteiger partial charge in [0.15, 0.2) is 0 Å². The number of nitrogens with zero attached hydrogens (tertiary/aromatic N) is 6. The largest absolute Gasteiger partial charge is 0.354 e. The predicted molar refractivity (Wildman–Crippen MR) is 100 cm³/mol. The van der Waals surface area contributed by atoms with Crippen LogP contribution in [0, 0.1) is 10.1 Å². The number of para-hydroxylation sites is 3. The fourth-order valence-electron chi connectivity index (χ4n) is 3.58. The summed E-state index contributed by atoms with van der Waals surface area (Å²) >= 11 is 0. The first kappa shape index (κ1) is 15.4. The second-order valence-electron chi connectivity index (χ2n) is 6.26. The molecular formula is C19H14N6O2. The Morgan fingerprint density at radius 3 is 2.63 bits per heavy atom. The molecular weight excluding hydrogens is 344 g/mol. The maximum absolute atomic E-state index is 12.0. The van der Waals surface area contributed by atoms with E-state index in [-0.39, 0.29) is 11.5 Å². The molecule has 4 aromatic rings. The maximum Gasteiger partial charge on any atom is 0.354 e. The van der Waals surface area contributed by atoms with Crippen LogP contribution in [0.15, 0.2) is 61.2 Å². The van der Waals surface area contributed by atoms with E-state index in [1.807, 2.05) is 53.4 Å². The van der Waals surface area contributed by atoms with Crippen LogP contribution in [-0.4, -0.2) is 31.0 Å². The number of benzene rings is 2. The second kappa shape index (κ2) is 5.87. The molecule has 0 radical (unpaired) electrons. The first-order valence-corrected chi connectivity index (χ1v) is 8.51. The number of nitro groups is 1. The third-order valence-electron chi connectivity index (χ3n) is 4.79. The number of hydrogen-bond donors (Lipinski definition) is 0. The lowest BCUT2D eigenvalue weighted by atomic mass is 10.2. The van der Waals surface area contributed by atoms with E-state index in [9.17, 15) is 10.1 Å². The number of aromatic nitrogens is 4. The third-order valence-corrected chi connectivity index (χ3v) is 4.79. The first-order valence-electron chi connectivity index (χ1n) is 8.51. The Morgan fingerprint density at radius 1 is 0.963 bits per heavy atom. The van der Waals surface area contributed by atoms with Crippen molar-refractivity contribution >= 4 is 28.2 Å². The van der Waals surface area contributed by atoms with E-state index in [2.05, 4.69) is 15.0 Å². The monoisotopic (exact) mass is 358 g/mol. The minimum Gasteiger partial charge on any atom is -0.320 e. The molecule has 0 N–H and O–H groups in total. The fraction of sp³-hybridized carbons (Fsp3) is 0.105. The highest BCUT2D eigenvalue weighted by Gasteiger charge is 2.32. The van der Waals surface area contributed by atoms with E-state index in [0.29, 0.717) is 12.4 Å². The second-order valence-corrected chi connectivity index (χ2v) is 6.26. The van der Waals surface area contributed by atoms with Crippen LogP contribution in [0.5, 0.6) is 0 Å². The van der Waals surface area contributed by atoms with Crippen LogP contribution in [0.3, 0.4) is 0 Å². The smallest absolute Gasteiger partial charge is 0.320 e. The molecule has 1 aliphatic rings.